The first-order chi connectivity index (χ1) is 10.7. The lowest BCUT2D eigenvalue weighted by Gasteiger charge is -2.43. The molecule has 2 heterocycles. The third kappa shape index (κ3) is 3.80. The van der Waals surface area contributed by atoms with Gasteiger partial charge >= 0.3 is 0 Å². The van der Waals surface area contributed by atoms with Crippen LogP contribution in [0.2, 0.25) is 0 Å². The second kappa shape index (κ2) is 7.44. The normalized spacial score (nSPS) is 33.5. The molecule has 0 radical (unpaired) electrons. The van der Waals surface area contributed by atoms with Gasteiger partial charge < -0.3 is 10.6 Å². The lowest BCUT2D eigenvalue weighted by Crippen LogP contribution is -2.53. The van der Waals surface area contributed by atoms with Gasteiger partial charge in [0.1, 0.15) is 6.04 Å². The molecule has 5 nitrogen and oxygen atoms in total. The number of rotatable bonds is 3. The molecule has 2 saturated heterocycles. The highest BCUT2D eigenvalue weighted by atomic mass is 16.2. The number of nitrogens with one attached hydrogen (secondary N) is 2. The highest BCUT2D eigenvalue weighted by Gasteiger charge is 2.34. The molecule has 3 fully saturated rings. The third-order valence-electron chi connectivity index (χ3n) is 5.58. The van der Waals surface area contributed by atoms with Gasteiger partial charge in [-0.05, 0) is 57.4 Å². The predicted molar refractivity (Wildman–Crippen MR) is 85.3 cm³/mol. The van der Waals surface area contributed by atoms with Gasteiger partial charge in [-0.2, -0.15) is 0 Å². The Morgan fingerprint density at radius 2 is 1.86 bits per heavy atom. The summed E-state index contributed by atoms with van der Waals surface area (Å²) in [5.74, 6) is 0.796. The van der Waals surface area contributed by atoms with E-state index in [0.717, 1.165) is 38.3 Å². The van der Waals surface area contributed by atoms with Crippen LogP contribution in [0.25, 0.3) is 0 Å². The van der Waals surface area contributed by atoms with E-state index in [0.29, 0.717) is 12.6 Å². The number of nitrogens with zero attached hydrogens (tertiary/aromatic N) is 1. The summed E-state index contributed by atoms with van der Waals surface area (Å²) in [5.41, 5.74) is 0. The first kappa shape index (κ1) is 15.8. The number of likely N-dealkylation sites (tertiary alicyclic amines) is 1. The van der Waals surface area contributed by atoms with Gasteiger partial charge in [-0.1, -0.05) is 12.8 Å². The number of carbonyl (C=O) groups excluding carboxylic acids is 2. The molecule has 3 aliphatic rings. The van der Waals surface area contributed by atoms with Crippen LogP contribution in [0.15, 0.2) is 0 Å². The molecule has 3 rings (SSSR count). The van der Waals surface area contributed by atoms with Gasteiger partial charge in [0.25, 0.3) is 0 Å². The maximum absolute atomic E-state index is 12.4. The number of fused-ring (bicyclic) bond motifs is 1. The predicted octanol–water partition coefficient (Wildman–Crippen LogP) is 1.43. The van der Waals surface area contributed by atoms with E-state index in [1.807, 2.05) is 0 Å². The third-order valence-corrected chi connectivity index (χ3v) is 5.58. The zero-order valence-corrected chi connectivity index (χ0v) is 13.5. The van der Waals surface area contributed by atoms with Crippen molar-refractivity contribution in [3.8, 4) is 0 Å². The molecule has 0 aromatic carbocycles. The lowest BCUT2D eigenvalue weighted by molar-refractivity contribution is -0.130. The Bertz CT molecular complexity index is 411. The van der Waals surface area contributed by atoms with Crippen LogP contribution in [0.1, 0.15) is 57.8 Å². The number of piperidine rings is 1. The summed E-state index contributed by atoms with van der Waals surface area (Å²) in [6.45, 7) is 2.23. The van der Waals surface area contributed by atoms with Crippen molar-refractivity contribution in [2.45, 2.75) is 69.9 Å². The minimum atomic E-state index is -0.332. The molecule has 3 atom stereocenters. The summed E-state index contributed by atoms with van der Waals surface area (Å²) in [7, 11) is 0. The molecule has 0 spiro atoms. The fraction of sp³-hybridized carbons (Fsp3) is 0.882. The Kier molecular flexibility index (Phi) is 5.34. The van der Waals surface area contributed by atoms with Crippen molar-refractivity contribution in [1.29, 1.82) is 0 Å². The summed E-state index contributed by atoms with van der Waals surface area (Å²) in [4.78, 5) is 26.7. The Hall–Kier alpha value is -1.10. The van der Waals surface area contributed by atoms with Crippen LogP contribution in [0.3, 0.4) is 0 Å². The molecule has 0 aromatic heterocycles. The van der Waals surface area contributed by atoms with Crippen molar-refractivity contribution in [3.63, 3.8) is 0 Å². The van der Waals surface area contributed by atoms with Crippen molar-refractivity contribution in [3.05, 3.63) is 0 Å². The molecule has 1 aliphatic carbocycles. The summed E-state index contributed by atoms with van der Waals surface area (Å²) < 4.78 is 0. The number of hydrogen-bond donors (Lipinski definition) is 2. The van der Waals surface area contributed by atoms with Gasteiger partial charge in [-0.15, -0.1) is 0 Å². The second-order valence-electron chi connectivity index (χ2n) is 7.13. The fourth-order valence-corrected chi connectivity index (χ4v) is 4.43. The van der Waals surface area contributed by atoms with Crippen LogP contribution in [-0.2, 0) is 9.59 Å². The zero-order chi connectivity index (χ0) is 15.4. The summed E-state index contributed by atoms with van der Waals surface area (Å²) in [5, 5.41) is 5.84. The van der Waals surface area contributed by atoms with Gasteiger partial charge in [0.05, 0.1) is 6.54 Å². The van der Waals surface area contributed by atoms with E-state index < -0.39 is 0 Å². The Balaban J connectivity index is 1.53. The van der Waals surface area contributed by atoms with Gasteiger partial charge in [-0.3, -0.25) is 14.5 Å². The molecule has 124 valence electrons. The highest BCUT2D eigenvalue weighted by Crippen LogP contribution is 2.34. The largest absolute Gasteiger partial charge is 0.354 e. The smallest absolute Gasteiger partial charge is 0.242 e. The molecule has 22 heavy (non-hydrogen) atoms. The Morgan fingerprint density at radius 1 is 1.09 bits per heavy atom. The number of amides is 2. The van der Waals surface area contributed by atoms with Crippen molar-refractivity contribution in [2.24, 2.45) is 5.92 Å². The lowest BCUT2D eigenvalue weighted by atomic mass is 9.78. The number of carbonyl (C=O) groups is 2. The van der Waals surface area contributed by atoms with E-state index in [1.54, 1.807) is 0 Å². The van der Waals surface area contributed by atoms with E-state index >= 15 is 0 Å². The van der Waals surface area contributed by atoms with Gasteiger partial charge in [0.2, 0.25) is 11.8 Å². The SMILES string of the molecule is O=C(CN1CCC[C@@H]2CCCC[C@H]21)N[C@H]1CCCCNC1=O. The first-order valence-corrected chi connectivity index (χ1v) is 9.05. The van der Waals surface area contributed by atoms with Gasteiger partial charge in [0.15, 0.2) is 0 Å². The summed E-state index contributed by atoms with van der Waals surface area (Å²) in [6, 6.07) is 0.262. The van der Waals surface area contributed by atoms with E-state index in [4.69, 9.17) is 0 Å². The number of hydrogen-bond acceptors (Lipinski definition) is 3. The molecule has 0 unspecified atom stereocenters. The maximum Gasteiger partial charge on any atom is 0.242 e. The minimum absolute atomic E-state index is 0.0139. The molecule has 5 heteroatoms. The zero-order valence-electron chi connectivity index (χ0n) is 13.5. The van der Waals surface area contributed by atoms with Gasteiger partial charge in [0, 0.05) is 12.6 Å². The van der Waals surface area contributed by atoms with Crippen LogP contribution in [0, 0.1) is 5.92 Å². The van der Waals surface area contributed by atoms with Crippen LogP contribution < -0.4 is 10.6 Å². The van der Waals surface area contributed by atoms with Crippen molar-refractivity contribution >= 4 is 11.8 Å². The van der Waals surface area contributed by atoms with Crippen LogP contribution in [-0.4, -0.2) is 48.4 Å². The van der Waals surface area contributed by atoms with E-state index in [2.05, 4.69) is 15.5 Å². The van der Waals surface area contributed by atoms with Crippen LogP contribution in [0.4, 0.5) is 0 Å². The highest BCUT2D eigenvalue weighted by molar-refractivity contribution is 5.88. The monoisotopic (exact) mass is 307 g/mol. The summed E-state index contributed by atoms with van der Waals surface area (Å²) in [6.07, 6.45) is 10.5. The average Bonchev–Trinajstić information content (AvgIpc) is 2.73. The molecule has 0 aromatic rings. The maximum atomic E-state index is 12.4. The molecular weight excluding hydrogens is 278 g/mol. The average molecular weight is 307 g/mol. The molecule has 2 N–H and O–H groups in total. The Morgan fingerprint density at radius 3 is 2.77 bits per heavy atom. The molecule has 2 aliphatic heterocycles. The molecular formula is C17H29N3O2. The first-order valence-electron chi connectivity index (χ1n) is 9.05. The van der Waals surface area contributed by atoms with Crippen LogP contribution >= 0.6 is 0 Å². The topological polar surface area (TPSA) is 61.4 Å². The van der Waals surface area contributed by atoms with Crippen molar-refractivity contribution in [2.75, 3.05) is 19.6 Å². The fourth-order valence-electron chi connectivity index (χ4n) is 4.43. The Labute approximate surface area is 133 Å². The quantitative estimate of drug-likeness (QED) is 0.829. The van der Waals surface area contributed by atoms with E-state index in [1.165, 1.54) is 38.5 Å². The van der Waals surface area contributed by atoms with Crippen molar-refractivity contribution < 1.29 is 9.59 Å². The van der Waals surface area contributed by atoms with E-state index in [-0.39, 0.29) is 17.9 Å². The molecule has 0 bridgehead atoms. The molecule has 1 saturated carbocycles. The second-order valence-corrected chi connectivity index (χ2v) is 7.13. The summed E-state index contributed by atoms with van der Waals surface area (Å²) >= 11 is 0. The van der Waals surface area contributed by atoms with E-state index in [9.17, 15) is 9.59 Å². The standard InChI is InChI=1S/C17H29N3O2/c21-16(19-14-8-3-4-10-18-17(14)22)12-20-11-5-7-13-6-1-2-9-15(13)20/h13-15H,1-12H2,(H,18,22)(H,19,21)/t13-,14-,15+/m0/s1. The van der Waals surface area contributed by atoms with Crippen LogP contribution in [0.5, 0.6) is 0 Å². The minimum Gasteiger partial charge on any atom is -0.354 e. The van der Waals surface area contributed by atoms with Crippen molar-refractivity contribution in [1.82, 2.24) is 15.5 Å². The van der Waals surface area contributed by atoms with Gasteiger partial charge in [-0.25, -0.2) is 0 Å². The molecule has 2 amide bonds.